The van der Waals surface area contributed by atoms with E-state index in [2.05, 4.69) is 5.32 Å². The number of ether oxygens (including phenoxy) is 1. The van der Waals surface area contributed by atoms with E-state index in [1.54, 1.807) is 36.4 Å². The summed E-state index contributed by atoms with van der Waals surface area (Å²) in [5.74, 6) is -0.598. The van der Waals surface area contributed by atoms with Gasteiger partial charge in [0.2, 0.25) is 0 Å². The van der Waals surface area contributed by atoms with Crippen molar-refractivity contribution in [2.45, 2.75) is 16.9 Å². The molecule has 1 aliphatic rings. The summed E-state index contributed by atoms with van der Waals surface area (Å²) in [5, 5.41) is 2.80. The SMILES string of the molecule is COc1ccc(N2C(=O)NC(=O)/C(=C/c3ccc(Sc4ccc(C)cc4)o3)C2=O)cc1. The molecule has 2 aromatic carbocycles. The highest BCUT2D eigenvalue weighted by Gasteiger charge is 2.37. The molecule has 3 aromatic rings. The maximum absolute atomic E-state index is 12.9. The van der Waals surface area contributed by atoms with Gasteiger partial charge in [-0.15, -0.1) is 0 Å². The molecular weight excluding hydrogens is 416 g/mol. The lowest BCUT2D eigenvalue weighted by Gasteiger charge is -2.26. The quantitative estimate of drug-likeness (QED) is 0.473. The van der Waals surface area contributed by atoms with Crippen molar-refractivity contribution >= 4 is 41.4 Å². The topological polar surface area (TPSA) is 88.8 Å². The molecule has 0 bridgehead atoms. The van der Waals surface area contributed by atoms with E-state index < -0.39 is 17.8 Å². The number of hydrogen-bond donors (Lipinski definition) is 1. The molecule has 1 aliphatic heterocycles. The molecule has 4 rings (SSSR count). The maximum Gasteiger partial charge on any atom is 0.335 e. The molecule has 2 heterocycles. The fourth-order valence-electron chi connectivity index (χ4n) is 2.95. The van der Waals surface area contributed by atoms with E-state index in [4.69, 9.17) is 9.15 Å². The highest BCUT2D eigenvalue weighted by molar-refractivity contribution is 7.99. The first-order chi connectivity index (χ1) is 14.9. The second kappa shape index (κ2) is 8.53. The summed E-state index contributed by atoms with van der Waals surface area (Å²) in [6.45, 7) is 2.01. The Morgan fingerprint density at radius 1 is 0.968 bits per heavy atom. The molecule has 156 valence electrons. The van der Waals surface area contributed by atoms with Crippen LogP contribution in [0.4, 0.5) is 10.5 Å². The lowest BCUT2D eigenvalue weighted by Crippen LogP contribution is -2.54. The van der Waals surface area contributed by atoms with Crippen molar-refractivity contribution in [3.8, 4) is 5.75 Å². The molecule has 0 unspecified atom stereocenters. The third-order valence-corrected chi connectivity index (χ3v) is 5.49. The molecule has 7 nitrogen and oxygen atoms in total. The molecule has 0 saturated carbocycles. The number of methoxy groups -OCH3 is 1. The van der Waals surface area contributed by atoms with Crippen LogP contribution in [0.15, 0.2) is 80.6 Å². The Bertz CT molecular complexity index is 1180. The number of hydrogen-bond acceptors (Lipinski definition) is 6. The molecular formula is C23H18N2O5S. The molecule has 1 fully saturated rings. The maximum atomic E-state index is 12.9. The van der Waals surface area contributed by atoms with Crippen molar-refractivity contribution < 1.29 is 23.5 Å². The molecule has 0 atom stereocenters. The van der Waals surface area contributed by atoms with E-state index in [1.165, 1.54) is 24.9 Å². The number of furan rings is 1. The zero-order valence-electron chi connectivity index (χ0n) is 16.7. The normalized spacial score (nSPS) is 15.4. The Balaban J connectivity index is 1.58. The predicted octanol–water partition coefficient (Wildman–Crippen LogP) is 4.41. The van der Waals surface area contributed by atoms with Crippen LogP contribution in [0.5, 0.6) is 5.75 Å². The predicted molar refractivity (Wildman–Crippen MR) is 116 cm³/mol. The average molecular weight is 434 g/mol. The summed E-state index contributed by atoms with van der Waals surface area (Å²) in [6.07, 6.45) is 1.33. The zero-order chi connectivity index (χ0) is 22.0. The number of amides is 4. The second-order valence-electron chi connectivity index (χ2n) is 6.73. The lowest BCUT2D eigenvalue weighted by molar-refractivity contribution is -0.122. The van der Waals surface area contributed by atoms with Crippen molar-refractivity contribution in [1.29, 1.82) is 0 Å². The van der Waals surface area contributed by atoms with Gasteiger partial charge in [-0.25, -0.2) is 9.69 Å². The van der Waals surface area contributed by atoms with Gasteiger partial charge in [0.25, 0.3) is 11.8 Å². The molecule has 1 aromatic heterocycles. The van der Waals surface area contributed by atoms with Gasteiger partial charge in [0.15, 0.2) is 5.09 Å². The lowest BCUT2D eigenvalue weighted by atomic mass is 10.1. The van der Waals surface area contributed by atoms with Gasteiger partial charge in [0, 0.05) is 4.90 Å². The van der Waals surface area contributed by atoms with E-state index in [9.17, 15) is 14.4 Å². The Kier molecular flexibility index (Phi) is 5.64. The van der Waals surface area contributed by atoms with E-state index in [1.807, 2.05) is 31.2 Å². The highest BCUT2D eigenvalue weighted by atomic mass is 32.2. The number of benzene rings is 2. The van der Waals surface area contributed by atoms with Crippen molar-refractivity contribution in [2.75, 3.05) is 12.0 Å². The number of aryl methyl sites for hydroxylation is 1. The van der Waals surface area contributed by atoms with Gasteiger partial charge in [-0.1, -0.05) is 29.5 Å². The van der Waals surface area contributed by atoms with E-state index in [0.717, 1.165) is 15.4 Å². The fraction of sp³-hybridized carbons (Fsp3) is 0.0870. The van der Waals surface area contributed by atoms with Gasteiger partial charge in [-0.2, -0.15) is 0 Å². The van der Waals surface area contributed by atoms with Gasteiger partial charge in [-0.05, 0) is 61.5 Å². The molecule has 0 spiro atoms. The second-order valence-corrected chi connectivity index (χ2v) is 7.81. The smallest absolute Gasteiger partial charge is 0.335 e. The van der Waals surface area contributed by atoms with E-state index in [0.29, 0.717) is 22.3 Å². The largest absolute Gasteiger partial charge is 0.497 e. The Hall–Kier alpha value is -3.78. The van der Waals surface area contributed by atoms with Crippen molar-refractivity contribution in [3.63, 3.8) is 0 Å². The van der Waals surface area contributed by atoms with Crippen molar-refractivity contribution in [2.24, 2.45) is 0 Å². The first-order valence-corrected chi connectivity index (χ1v) is 10.2. The minimum absolute atomic E-state index is 0.198. The number of imide groups is 2. The first-order valence-electron chi connectivity index (χ1n) is 9.34. The number of carbonyl (C=O) groups is 3. The molecule has 0 radical (unpaired) electrons. The number of carbonyl (C=O) groups excluding carboxylic acids is 3. The van der Waals surface area contributed by atoms with Crippen LogP contribution in [0.3, 0.4) is 0 Å². The van der Waals surface area contributed by atoms with E-state index >= 15 is 0 Å². The van der Waals surface area contributed by atoms with Gasteiger partial charge in [-0.3, -0.25) is 14.9 Å². The van der Waals surface area contributed by atoms with Crippen molar-refractivity contribution in [3.05, 3.63) is 77.6 Å². The third-order valence-electron chi connectivity index (χ3n) is 4.56. The van der Waals surface area contributed by atoms with Crippen LogP contribution in [0.1, 0.15) is 11.3 Å². The van der Waals surface area contributed by atoms with Crippen molar-refractivity contribution in [1.82, 2.24) is 5.32 Å². The number of barbiturate groups is 1. The number of nitrogens with one attached hydrogen (secondary N) is 1. The highest BCUT2D eigenvalue weighted by Crippen LogP contribution is 2.30. The summed E-state index contributed by atoms with van der Waals surface area (Å²) >= 11 is 1.42. The van der Waals surface area contributed by atoms with Gasteiger partial charge < -0.3 is 9.15 Å². The number of urea groups is 1. The Morgan fingerprint density at radius 2 is 1.68 bits per heavy atom. The summed E-state index contributed by atoms with van der Waals surface area (Å²) in [4.78, 5) is 39.4. The number of rotatable bonds is 5. The monoisotopic (exact) mass is 434 g/mol. The summed E-state index contributed by atoms with van der Waals surface area (Å²) in [6, 6.07) is 17.0. The standard InChI is InChI=1S/C23H18N2O5S/c1-14-3-10-18(11-4-14)31-20-12-9-17(30-20)13-19-21(26)24-23(28)25(22(19)27)15-5-7-16(29-2)8-6-15/h3-13H,1-2H3,(H,24,26,28)/b19-13-. The summed E-state index contributed by atoms with van der Waals surface area (Å²) < 4.78 is 10.8. The molecule has 1 saturated heterocycles. The Labute approximate surface area is 182 Å². The average Bonchev–Trinajstić information content (AvgIpc) is 3.20. The van der Waals surface area contributed by atoms with Crippen LogP contribution >= 0.6 is 11.8 Å². The Morgan fingerprint density at radius 3 is 2.35 bits per heavy atom. The minimum Gasteiger partial charge on any atom is -0.497 e. The van der Waals surface area contributed by atoms with Crippen LogP contribution in [-0.4, -0.2) is 25.0 Å². The van der Waals surface area contributed by atoms with Crippen LogP contribution in [0.2, 0.25) is 0 Å². The zero-order valence-corrected chi connectivity index (χ0v) is 17.6. The molecule has 1 N–H and O–H groups in total. The minimum atomic E-state index is -0.813. The number of nitrogens with zero attached hydrogens (tertiary/aromatic N) is 1. The summed E-state index contributed by atoms with van der Waals surface area (Å²) in [7, 11) is 1.52. The van der Waals surface area contributed by atoms with Gasteiger partial charge in [0.1, 0.15) is 17.1 Å². The molecule has 0 aliphatic carbocycles. The third kappa shape index (κ3) is 4.39. The van der Waals surface area contributed by atoms with Crippen LogP contribution in [-0.2, 0) is 9.59 Å². The van der Waals surface area contributed by atoms with E-state index in [-0.39, 0.29) is 5.57 Å². The first kappa shape index (κ1) is 20.5. The van der Waals surface area contributed by atoms with Crippen LogP contribution < -0.4 is 15.0 Å². The van der Waals surface area contributed by atoms with Crippen LogP contribution in [0, 0.1) is 6.92 Å². The fourth-order valence-corrected chi connectivity index (χ4v) is 3.73. The van der Waals surface area contributed by atoms with Crippen LogP contribution in [0.25, 0.3) is 6.08 Å². The number of anilines is 1. The molecule has 31 heavy (non-hydrogen) atoms. The van der Waals surface area contributed by atoms with Gasteiger partial charge in [0.05, 0.1) is 12.8 Å². The van der Waals surface area contributed by atoms with Gasteiger partial charge >= 0.3 is 6.03 Å². The molecule has 4 amide bonds. The summed E-state index contributed by atoms with van der Waals surface area (Å²) in [5.41, 5.74) is 1.28. The molecule has 8 heteroatoms.